The van der Waals surface area contributed by atoms with Gasteiger partial charge < -0.3 is 10.5 Å². The standard InChI is InChI=1S/C29H38FN5O2/c1-21(19-31)37-26-12-5-7-22(17-26)20-34-15-13-29(14-16-34)27(32-24-9-3-2-4-10-24)33-28(36)35(29)25-11-6-8-23(30)18-25/h5-8,11-12,17-18,21,24H,2-4,9-10,13-16,19-20,31H2,1H3,(H,32,33,36)/t21-/m0/s1. The van der Waals surface area contributed by atoms with Crippen LogP contribution < -0.4 is 20.7 Å². The monoisotopic (exact) mass is 507 g/mol. The minimum atomic E-state index is -0.583. The van der Waals surface area contributed by atoms with E-state index in [4.69, 9.17) is 15.5 Å². The molecular formula is C29H38FN5O2. The second-order valence-corrected chi connectivity index (χ2v) is 10.6. The number of nitrogens with two attached hydrogens (primary N) is 1. The molecule has 8 heteroatoms. The van der Waals surface area contributed by atoms with E-state index in [-0.39, 0.29) is 24.0 Å². The minimum Gasteiger partial charge on any atom is -0.489 e. The Morgan fingerprint density at radius 3 is 2.62 bits per heavy atom. The van der Waals surface area contributed by atoms with Crippen LogP contribution in [0.3, 0.4) is 0 Å². The lowest BCUT2D eigenvalue weighted by Gasteiger charge is -2.44. The van der Waals surface area contributed by atoms with E-state index in [0.29, 0.717) is 12.2 Å². The molecule has 0 unspecified atom stereocenters. The van der Waals surface area contributed by atoms with Crippen LogP contribution in [0.4, 0.5) is 14.9 Å². The molecule has 0 radical (unpaired) electrons. The summed E-state index contributed by atoms with van der Waals surface area (Å²) in [6.45, 7) is 4.83. The summed E-state index contributed by atoms with van der Waals surface area (Å²) in [6, 6.07) is 14.5. The Morgan fingerprint density at radius 2 is 1.89 bits per heavy atom. The van der Waals surface area contributed by atoms with Gasteiger partial charge in [-0.1, -0.05) is 37.5 Å². The van der Waals surface area contributed by atoms with Crippen molar-refractivity contribution >= 4 is 17.6 Å². The number of amidine groups is 1. The second kappa shape index (κ2) is 11.2. The Morgan fingerprint density at radius 1 is 1.14 bits per heavy atom. The van der Waals surface area contributed by atoms with Crippen molar-refractivity contribution in [3.63, 3.8) is 0 Å². The van der Waals surface area contributed by atoms with E-state index >= 15 is 0 Å². The topological polar surface area (TPSA) is 83.2 Å². The van der Waals surface area contributed by atoms with Crippen LogP contribution >= 0.6 is 0 Å². The maximum atomic E-state index is 14.2. The first-order valence-electron chi connectivity index (χ1n) is 13.6. The first-order valence-corrected chi connectivity index (χ1v) is 13.6. The fraction of sp³-hybridized carbons (Fsp3) is 0.517. The zero-order valence-electron chi connectivity index (χ0n) is 21.7. The number of anilines is 1. The number of halogens is 1. The van der Waals surface area contributed by atoms with Crippen LogP contribution in [0.5, 0.6) is 5.75 Å². The van der Waals surface area contributed by atoms with Crippen molar-refractivity contribution in [2.24, 2.45) is 10.7 Å². The number of nitrogens with one attached hydrogen (secondary N) is 1. The van der Waals surface area contributed by atoms with Crippen LogP contribution in [0.15, 0.2) is 53.5 Å². The van der Waals surface area contributed by atoms with Gasteiger partial charge in [-0.25, -0.2) is 9.18 Å². The molecule has 7 nitrogen and oxygen atoms in total. The van der Waals surface area contributed by atoms with E-state index < -0.39 is 5.54 Å². The summed E-state index contributed by atoms with van der Waals surface area (Å²) in [4.78, 5) is 22.6. The maximum Gasteiger partial charge on any atom is 0.328 e. The van der Waals surface area contributed by atoms with Crippen LogP contribution in [0.1, 0.15) is 57.4 Å². The molecule has 2 aromatic carbocycles. The van der Waals surface area contributed by atoms with Crippen LogP contribution in [0.2, 0.25) is 0 Å². The zero-order valence-corrected chi connectivity index (χ0v) is 21.7. The Kier molecular flexibility index (Phi) is 7.76. The molecule has 3 N–H and O–H groups in total. The molecule has 2 amide bonds. The van der Waals surface area contributed by atoms with Crippen LogP contribution in [0.25, 0.3) is 0 Å². The van der Waals surface area contributed by atoms with Crippen molar-refractivity contribution in [2.75, 3.05) is 24.5 Å². The van der Waals surface area contributed by atoms with Crippen molar-refractivity contribution in [2.45, 2.75) is 76.1 Å². The maximum absolute atomic E-state index is 14.2. The fourth-order valence-electron chi connectivity index (χ4n) is 5.90. The molecule has 2 aliphatic heterocycles. The van der Waals surface area contributed by atoms with E-state index in [1.54, 1.807) is 11.0 Å². The Labute approximate surface area is 218 Å². The highest BCUT2D eigenvalue weighted by Crippen LogP contribution is 2.39. The molecule has 1 aliphatic carbocycles. The number of likely N-dealkylation sites (tertiary alicyclic amines) is 1. The Balaban J connectivity index is 1.37. The van der Waals surface area contributed by atoms with Gasteiger partial charge in [0.05, 0.1) is 6.04 Å². The Hall–Kier alpha value is -2.97. The van der Waals surface area contributed by atoms with Gasteiger partial charge in [0.1, 0.15) is 29.0 Å². The van der Waals surface area contributed by atoms with E-state index in [0.717, 1.165) is 56.9 Å². The number of ether oxygens (including phenoxy) is 1. The minimum absolute atomic E-state index is 0.0341. The molecule has 37 heavy (non-hydrogen) atoms. The van der Waals surface area contributed by atoms with Gasteiger partial charge in [0.15, 0.2) is 0 Å². The number of hydrogen-bond donors (Lipinski definition) is 2. The molecule has 3 aliphatic rings. The number of benzene rings is 2. The number of urea groups is 1. The van der Waals surface area contributed by atoms with Gasteiger partial charge in [-0.05, 0) is 68.5 Å². The third-order valence-electron chi connectivity index (χ3n) is 7.91. The zero-order chi connectivity index (χ0) is 25.8. The van der Waals surface area contributed by atoms with Gasteiger partial charge >= 0.3 is 6.03 Å². The van der Waals surface area contributed by atoms with Crippen molar-refractivity contribution in [3.8, 4) is 5.75 Å². The van der Waals surface area contributed by atoms with Gasteiger partial charge in [-0.3, -0.25) is 20.1 Å². The first kappa shape index (κ1) is 25.7. The molecule has 5 rings (SSSR count). The number of nitrogens with zero attached hydrogens (tertiary/aromatic N) is 3. The summed E-state index contributed by atoms with van der Waals surface area (Å²) >= 11 is 0. The largest absolute Gasteiger partial charge is 0.489 e. The van der Waals surface area contributed by atoms with Gasteiger partial charge in [-0.15, -0.1) is 0 Å². The molecule has 1 atom stereocenters. The lowest BCUT2D eigenvalue weighted by molar-refractivity contribution is 0.183. The number of piperidine rings is 1. The van der Waals surface area contributed by atoms with Crippen molar-refractivity contribution in [1.82, 2.24) is 10.2 Å². The summed E-state index contributed by atoms with van der Waals surface area (Å²) in [5.74, 6) is 1.25. The average Bonchev–Trinajstić information content (AvgIpc) is 3.16. The number of carbonyl (C=O) groups is 1. The lowest BCUT2D eigenvalue weighted by Crippen LogP contribution is -2.57. The summed E-state index contributed by atoms with van der Waals surface area (Å²) in [7, 11) is 0. The molecular weight excluding hydrogens is 469 g/mol. The molecule has 2 heterocycles. The lowest BCUT2D eigenvalue weighted by atomic mass is 9.84. The first-order chi connectivity index (χ1) is 18.0. The molecule has 198 valence electrons. The average molecular weight is 508 g/mol. The fourth-order valence-corrected chi connectivity index (χ4v) is 5.90. The highest BCUT2D eigenvalue weighted by molar-refractivity contribution is 6.19. The van der Waals surface area contributed by atoms with Crippen LogP contribution in [-0.4, -0.2) is 54.1 Å². The van der Waals surface area contributed by atoms with Crippen molar-refractivity contribution in [1.29, 1.82) is 0 Å². The molecule has 2 saturated heterocycles. The second-order valence-electron chi connectivity index (χ2n) is 10.6. The highest BCUT2D eigenvalue weighted by Gasteiger charge is 2.53. The van der Waals surface area contributed by atoms with Gasteiger partial charge in [0, 0.05) is 31.9 Å². The molecule has 0 aromatic heterocycles. The normalized spacial score (nSPS) is 22.4. The quantitative estimate of drug-likeness (QED) is 0.561. The molecule has 2 aromatic rings. The van der Waals surface area contributed by atoms with Crippen LogP contribution in [-0.2, 0) is 6.54 Å². The number of amides is 2. The van der Waals surface area contributed by atoms with E-state index in [1.165, 1.54) is 37.0 Å². The van der Waals surface area contributed by atoms with Gasteiger partial charge in [0.25, 0.3) is 0 Å². The van der Waals surface area contributed by atoms with E-state index in [2.05, 4.69) is 22.3 Å². The summed E-state index contributed by atoms with van der Waals surface area (Å²) in [5, 5.41) is 3.09. The third-order valence-corrected chi connectivity index (χ3v) is 7.91. The summed E-state index contributed by atoms with van der Waals surface area (Å²) < 4.78 is 20.1. The molecule has 1 spiro atoms. The highest BCUT2D eigenvalue weighted by atomic mass is 19.1. The summed E-state index contributed by atoms with van der Waals surface area (Å²) in [5.41, 5.74) is 6.89. The Bertz CT molecular complexity index is 1120. The van der Waals surface area contributed by atoms with Crippen molar-refractivity contribution in [3.05, 3.63) is 59.9 Å². The predicted octanol–water partition coefficient (Wildman–Crippen LogP) is 4.85. The van der Waals surface area contributed by atoms with Gasteiger partial charge in [-0.2, -0.15) is 0 Å². The smallest absolute Gasteiger partial charge is 0.328 e. The predicted molar refractivity (Wildman–Crippen MR) is 145 cm³/mol. The molecule has 1 saturated carbocycles. The summed E-state index contributed by atoms with van der Waals surface area (Å²) in [6.07, 6.45) is 7.15. The molecule has 3 fully saturated rings. The molecule has 0 bridgehead atoms. The third kappa shape index (κ3) is 5.65. The SMILES string of the molecule is C[C@@H](CN)Oc1cccc(CN2CCC3(CC2)C(=NC2CCCCC2)NC(=O)N3c2cccc(F)c2)c1. The number of carbonyl (C=O) groups excluding carboxylic acids is 1. The number of hydrogen-bond acceptors (Lipinski definition) is 5. The van der Waals surface area contributed by atoms with E-state index in [1.807, 2.05) is 25.1 Å². The number of aliphatic imine (C=N–C) groups is 1. The van der Waals surface area contributed by atoms with Crippen LogP contribution in [0, 0.1) is 5.82 Å². The van der Waals surface area contributed by atoms with E-state index in [9.17, 15) is 9.18 Å². The number of rotatable bonds is 7. The van der Waals surface area contributed by atoms with Gasteiger partial charge in [0.2, 0.25) is 0 Å². The van der Waals surface area contributed by atoms with Crippen molar-refractivity contribution < 1.29 is 13.9 Å².